The molecule has 0 bridgehead atoms. The predicted octanol–water partition coefficient (Wildman–Crippen LogP) is 1.46. The maximum absolute atomic E-state index is 12.9. The van der Waals surface area contributed by atoms with Gasteiger partial charge < -0.3 is 15.4 Å². The summed E-state index contributed by atoms with van der Waals surface area (Å²) in [4.78, 5) is 12.9. The van der Waals surface area contributed by atoms with Crippen LogP contribution in [0.5, 0.6) is 0 Å². The first kappa shape index (κ1) is 14.5. The van der Waals surface area contributed by atoms with E-state index in [0.717, 1.165) is 57.7 Å². The topological polar surface area (TPSA) is 50.4 Å². The van der Waals surface area contributed by atoms with Crippen LogP contribution in [0.4, 0.5) is 0 Å². The number of piperidine rings is 1. The molecule has 0 radical (unpaired) electrons. The first-order valence-electron chi connectivity index (χ1n) is 7.93. The minimum Gasteiger partial charge on any atom is -0.381 e. The van der Waals surface area contributed by atoms with Gasteiger partial charge in [-0.15, -0.1) is 0 Å². The highest BCUT2D eigenvalue weighted by molar-refractivity contribution is 5.88. The monoisotopic (exact) mass is 288 g/mol. The molecule has 0 aromatic heterocycles. The molecule has 2 saturated heterocycles. The van der Waals surface area contributed by atoms with E-state index in [0.29, 0.717) is 5.92 Å². The number of hydrogen-bond donors (Lipinski definition) is 2. The van der Waals surface area contributed by atoms with Crippen molar-refractivity contribution in [2.75, 3.05) is 32.8 Å². The molecule has 2 aliphatic rings. The Bertz CT molecular complexity index is 463. The van der Waals surface area contributed by atoms with Gasteiger partial charge in [-0.05, 0) is 37.9 Å². The lowest BCUT2D eigenvalue weighted by atomic mass is 9.72. The second-order valence-electron chi connectivity index (χ2n) is 6.14. The molecule has 3 rings (SSSR count). The molecule has 2 N–H and O–H groups in total. The van der Waals surface area contributed by atoms with Crippen LogP contribution in [0.25, 0.3) is 0 Å². The Balaban J connectivity index is 1.73. The van der Waals surface area contributed by atoms with Crippen molar-refractivity contribution >= 4 is 5.91 Å². The van der Waals surface area contributed by atoms with Gasteiger partial charge in [0.15, 0.2) is 0 Å². The van der Waals surface area contributed by atoms with Crippen LogP contribution in [0.3, 0.4) is 0 Å². The van der Waals surface area contributed by atoms with E-state index in [-0.39, 0.29) is 11.3 Å². The molecule has 114 valence electrons. The summed E-state index contributed by atoms with van der Waals surface area (Å²) in [5, 5.41) is 6.55. The molecule has 0 aliphatic carbocycles. The van der Waals surface area contributed by atoms with Crippen LogP contribution in [-0.4, -0.2) is 38.8 Å². The van der Waals surface area contributed by atoms with Gasteiger partial charge in [0.2, 0.25) is 5.91 Å². The van der Waals surface area contributed by atoms with E-state index in [1.165, 1.54) is 0 Å². The molecule has 21 heavy (non-hydrogen) atoms. The quantitative estimate of drug-likeness (QED) is 0.882. The van der Waals surface area contributed by atoms with Crippen LogP contribution in [0.15, 0.2) is 30.3 Å². The summed E-state index contributed by atoms with van der Waals surface area (Å²) in [6.07, 6.45) is 2.79. The SMILES string of the molecule is O=C(NCC1CCOC1)C1(c2ccccc2)CCNCC1. The third-order valence-corrected chi connectivity index (χ3v) is 4.79. The van der Waals surface area contributed by atoms with Crippen molar-refractivity contribution in [3.63, 3.8) is 0 Å². The molecule has 2 fully saturated rings. The van der Waals surface area contributed by atoms with Crippen molar-refractivity contribution in [3.05, 3.63) is 35.9 Å². The summed E-state index contributed by atoms with van der Waals surface area (Å²) >= 11 is 0. The molecule has 1 amide bonds. The zero-order valence-corrected chi connectivity index (χ0v) is 12.4. The largest absolute Gasteiger partial charge is 0.381 e. The lowest BCUT2D eigenvalue weighted by molar-refractivity contribution is -0.128. The van der Waals surface area contributed by atoms with Gasteiger partial charge in [0.05, 0.1) is 12.0 Å². The van der Waals surface area contributed by atoms with Crippen molar-refractivity contribution in [1.82, 2.24) is 10.6 Å². The zero-order valence-electron chi connectivity index (χ0n) is 12.4. The van der Waals surface area contributed by atoms with Crippen molar-refractivity contribution < 1.29 is 9.53 Å². The first-order valence-corrected chi connectivity index (χ1v) is 7.93. The number of hydrogen-bond acceptors (Lipinski definition) is 3. The Morgan fingerprint density at radius 3 is 2.71 bits per heavy atom. The maximum atomic E-state index is 12.9. The summed E-state index contributed by atoms with van der Waals surface area (Å²) in [5.74, 6) is 0.658. The summed E-state index contributed by atoms with van der Waals surface area (Å²) in [6.45, 7) is 4.14. The van der Waals surface area contributed by atoms with Crippen LogP contribution in [0.2, 0.25) is 0 Å². The molecule has 1 aromatic rings. The number of rotatable bonds is 4. The van der Waals surface area contributed by atoms with Crippen LogP contribution in [-0.2, 0) is 14.9 Å². The molecule has 0 saturated carbocycles. The van der Waals surface area contributed by atoms with Crippen molar-refractivity contribution in [1.29, 1.82) is 0 Å². The Kier molecular flexibility index (Phi) is 4.56. The van der Waals surface area contributed by atoms with E-state index in [1.807, 2.05) is 18.2 Å². The lowest BCUT2D eigenvalue weighted by Crippen LogP contribution is -2.51. The van der Waals surface area contributed by atoms with E-state index in [4.69, 9.17) is 4.74 Å². The standard InChI is InChI=1S/C17H24N2O2/c20-16(19-12-14-6-11-21-13-14)17(7-9-18-10-8-17)15-4-2-1-3-5-15/h1-5,14,18H,6-13H2,(H,19,20). The summed E-state index contributed by atoms with van der Waals surface area (Å²) in [5.41, 5.74) is 0.776. The highest BCUT2D eigenvalue weighted by Gasteiger charge is 2.41. The number of carbonyl (C=O) groups excluding carboxylic acids is 1. The van der Waals surface area contributed by atoms with E-state index < -0.39 is 0 Å². The molecule has 2 aliphatic heterocycles. The zero-order chi connectivity index (χ0) is 14.5. The van der Waals surface area contributed by atoms with Crippen LogP contribution in [0, 0.1) is 5.92 Å². The summed E-state index contributed by atoms with van der Waals surface area (Å²) in [7, 11) is 0. The number of ether oxygens (including phenoxy) is 1. The fourth-order valence-electron chi connectivity index (χ4n) is 3.41. The number of nitrogens with one attached hydrogen (secondary N) is 2. The molecule has 4 heteroatoms. The van der Waals surface area contributed by atoms with E-state index in [2.05, 4.69) is 22.8 Å². The smallest absolute Gasteiger partial charge is 0.230 e. The summed E-state index contributed by atoms with van der Waals surface area (Å²) < 4.78 is 5.38. The van der Waals surface area contributed by atoms with Gasteiger partial charge in [0.1, 0.15) is 0 Å². The van der Waals surface area contributed by atoms with Gasteiger partial charge in [0, 0.05) is 19.1 Å². The molecular formula is C17H24N2O2. The van der Waals surface area contributed by atoms with Gasteiger partial charge in [-0.1, -0.05) is 30.3 Å². The van der Waals surface area contributed by atoms with E-state index in [1.54, 1.807) is 0 Å². The molecular weight excluding hydrogens is 264 g/mol. The van der Waals surface area contributed by atoms with Crippen LogP contribution >= 0.6 is 0 Å². The minimum absolute atomic E-state index is 0.183. The Hall–Kier alpha value is -1.39. The normalized spacial score (nSPS) is 24.7. The number of carbonyl (C=O) groups is 1. The van der Waals surface area contributed by atoms with Crippen LogP contribution < -0.4 is 10.6 Å². The molecule has 1 unspecified atom stereocenters. The fraction of sp³-hybridized carbons (Fsp3) is 0.588. The average Bonchev–Trinajstić information content (AvgIpc) is 3.07. The minimum atomic E-state index is -0.369. The van der Waals surface area contributed by atoms with Crippen molar-refractivity contribution in [2.45, 2.75) is 24.7 Å². The Labute approximate surface area is 126 Å². The maximum Gasteiger partial charge on any atom is 0.230 e. The third-order valence-electron chi connectivity index (χ3n) is 4.79. The molecule has 1 aromatic carbocycles. The Morgan fingerprint density at radius 2 is 2.05 bits per heavy atom. The molecule has 0 spiro atoms. The fourth-order valence-corrected chi connectivity index (χ4v) is 3.41. The summed E-state index contributed by atoms with van der Waals surface area (Å²) in [6, 6.07) is 10.2. The van der Waals surface area contributed by atoms with Gasteiger partial charge >= 0.3 is 0 Å². The second-order valence-corrected chi connectivity index (χ2v) is 6.14. The van der Waals surface area contributed by atoms with E-state index >= 15 is 0 Å². The predicted molar refractivity (Wildman–Crippen MR) is 82.2 cm³/mol. The van der Waals surface area contributed by atoms with Crippen molar-refractivity contribution in [2.24, 2.45) is 5.92 Å². The lowest BCUT2D eigenvalue weighted by Gasteiger charge is -2.37. The molecule has 1 atom stereocenters. The molecule has 4 nitrogen and oxygen atoms in total. The third kappa shape index (κ3) is 3.11. The average molecular weight is 288 g/mol. The van der Waals surface area contributed by atoms with Gasteiger partial charge in [-0.25, -0.2) is 0 Å². The van der Waals surface area contributed by atoms with Gasteiger partial charge in [0.25, 0.3) is 0 Å². The van der Waals surface area contributed by atoms with Gasteiger partial charge in [-0.3, -0.25) is 4.79 Å². The molecule has 2 heterocycles. The number of benzene rings is 1. The number of amides is 1. The second kappa shape index (κ2) is 6.58. The highest BCUT2D eigenvalue weighted by atomic mass is 16.5. The first-order chi connectivity index (χ1) is 10.3. The van der Waals surface area contributed by atoms with E-state index in [9.17, 15) is 4.79 Å². The Morgan fingerprint density at radius 1 is 1.29 bits per heavy atom. The van der Waals surface area contributed by atoms with Crippen LogP contribution in [0.1, 0.15) is 24.8 Å². The van der Waals surface area contributed by atoms with Crippen molar-refractivity contribution in [3.8, 4) is 0 Å². The highest BCUT2D eigenvalue weighted by Crippen LogP contribution is 2.33. The van der Waals surface area contributed by atoms with Gasteiger partial charge in [-0.2, -0.15) is 0 Å².